The molecule has 1 aromatic rings. The molecule has 0 N–H and O–H groups in total. The molecule has 0 spiro atoms. The molecule has 0 nitrogen and oxygen atoms in total. The van der Waals surface area contributed by atoms with Crippen molar-refractivity contribution in [1.82, 2.24) is 0 Å². The van der Waals surface area contributed by atoms with Gasteiger partial charge in [0.15, 0.2) is 0 Å². The molecule has 0 saturated heterocycles. The summed E-state index contributed by atoms with van der Waals surface area (Å²) in [6, 6.07) is 2.43. The van der Waals surface area contributed by atoms with Crippen LogP contribution in [-0.4, -0.2) is 0 Å². The lowest BCUT2D eigenvalue weighted by Gasteiger charge is -2.18. The SMILES string of the molecule is Ic1cc2c(s1)[C@H]1CCC[C@@H]2C1. The minimum Gasteiger partial charge on any atom is -0.134 e. The minimum absolute atomic E-state index is 0.943. The topological polar surface area (TPSA) is 0 Å². The summed E-state index contributed by atoms with van der Waals surface area (Å²) >= 11 is 4.50. The van der Waals surface area contributed by atoms with Crippen molar-refractivity contribution in [3.63, 3.8) is 0 Å². The smallest absolute Gasteiger partial charge is 0.0659 e. The van der Waals surface area contributed by atoms with Gasteiger partial charge in [0.05, 0.1) is 2.88 Å². The van der Waals surface area contributed by atoms with E-state index in [1.165, 1.54) is 28.6 Å². The van der Waals surface area contributed by atoms with Crippen LogP contribution < -0.4 is 0 Å². The maximum absolute atomic E-state index is 2.46. The van der Waals surface area contributed by atoms with E-state index in [9.17, 15) is 0 Å². The summed E-state index contributed by atoms with van der Waals surface area (Å²) in [6.45, 7) is 0. The van der Waals surface area contributed by atoms with Crippen LogP contribution in [0.2, 0.25) is 0 Å². The first kappa shape index (κ1) is 7.80. The van der Waals surface area contributed by atoms with Crippen molar-refractivity contribution in [3.8, 4) is 0 Å². The number of halogens is 1. The molecule has 1 heterocycles. The van der Waals surface area contributed by atoms with Gasteiger partial charge in [0.2, 0.25) is 0 Å². The lowest BCUT2D eigenvalue weighted by molar-refractivity contribution is 0.436. The molecule has 0 aromatic carbocycles. The molecule has 1 aromatic heterocycles. The average molecular weight is 290 g/mol. The fraction of sp³-hybridized carbons (Fsp3) is 0.600. The minimum atomic E-state index is 0.943. The van der Waals surface area contributed by atoms with E-state index in [4.69, 9.17) is 0 Å². The van der Waals surface area contributed by atoms with E-state index in [0.717, 1.165) is 11.8 Å². The van der Waals surface area contributed by atoms with Gasteiger partial charge in [0.25, 0.3) is 0 Å². The molecule has 2 atom stereocenters. The third-order valence-electron chi connectivity index (χ3n) is 3.25. The predicted octanol–water partition coefficient (Wildman–Crippen LogP) is 4.11. The summed E-state index contributed by atoms with van der Waals surface area (Å²) in [6.07, 6.45) is 5.85. The quantitative estimate of drug-likeness (QED) is 0.631. The predicted molar refractivity (Wildman–Crippen MR) is 61.0 cm³/mol. The summed E-state index contributed by atoms with van der Waals surface area (Å²) in [4.78, 5) is 1.74. The summed E-state index contributed by atoms with van der Waals surface area (Å²) in [5.74, 6) is 1.89. The third-order valence-corrected chi connectivity index (χ3v) is 5.32. The molecule has 0 amide bonds. The van der Waals surface area contributed by atoms with Gasteiger partial charge in [-0.1, -0.05) is 6.42 Å². The Hall–Kier alpha value is 0.430. The summed E-state index contributed by atoms with van der Waals surface area (Å²) in [7, 11) is 0. The lowest BCUT2D eigenvalue weighted by atomic mass is 9.87. The van der Waals surface area contributed by atoms with Gasteiger partial charge < -0.3 is 0 Å². The van der Waals surface area contributed by atoms with Crippen LogP contribution in [0.25, 0.3) is 0 Å². The highest BCUT2D eigenvalue weighted by Gasteiger charge is 2.35. The zero-order valence-corrected chi connectivity index (χ0v) is 9.82. The van der Waals surface area contributed by atoms with Gasteiger partial charge in [-0.15, -0.1) is 11.3 Å². The second-order valence-corrected chi connectivity index (χ2v) is 6.91. The Morgan fingerprint density at radius 1 is 1.33 bits per heavy atom. The highest BCUT2D eigenvalue weighted by Crippen LogP contribution is 2.53. The van der Waals surface area contributed by atoms with Gasteiger partial charge in [0.1, 0.15) is 0 Å². The monoisotopic (exact) mass is 290 g/mol. The molecule has 64 valence electrons. The number of thiophene rings is 1. The molecule has 3 rings (SSSR count). The molecule has 2 heteroatoms. The molecule has 1 saturated carbocycles. The molecular weight excluding hydrogens is 279 g/mol. The summed E-state index contributed by atoms with van der Waals surface area (Å²) in [5.41, 5.74) is 1.71. The van der Waals surface area contributed by atoms with Gasteiger partial charge >= 0.3 is 0 Å². The number of hydrogen-bond acceptors (Lipinski definition) is 1. The van der Waals surface area contributed by atoms with Crippen LogP contribution >= 0.6 is 33.9 Å². The van der Waals surface area contributed by atoms with E-state index < -0.39 is 0 Å². The molecule has 0 unspecified atom stereocenters. The zero-order chi connectivity index (χ0) is 8.13. The molecule has 1 fully saturated rings. The average Bonchev–Trinajstić information content (AvgIpc) is 2.55. The Kier molecular flexibility index (Phi) is 1.76. The highest BCUT2D eigenvalue weighted by molar-refractivity contribution is 14.1. The lowest BCUT2D eigenvalue weighted by Crippen LogP contribution is -2.01. The maximum Gasteiger partial charge on any atom is 0.0659 e. The van der Waals surface area contributed by atoms with Crippen molar-refractivity contribution < 1.29 is 0 Å². The van der Waals surface area contributed by atoms with Crippen LogP contribution in [-0.2, 0) is 0 Å². The number of fused-ring (bicyclic) bond motifs is 5. The molecule has 2 bridgehead atoms. The van der Waals surface area contributed by atoms with Gasteiger partial charge in [-0.2, -0.15) is 0 Å². The highest BCUT2D eigenvalue weighted by atomic mass is 127. The van der Waals surface area contributed by atoms with Crippen LogP contribution in [0.5, 0.6) is 0 Å². The van der Waals surface area contributed by atoms with Crippen LogP contribution in [0.15, 0.2) is 6.07 Å². The van der Waals surface area contributed by atoms with Gasteiger partial charge in [0, 0.05) is 4.88 Å². The van der Waals surface area contributed by atoms with Crippen molar-refractivity contribution in [2.75, 3.05) is 0 Å². The van der Waals surface area contributed by atoms with Crippen molar-refractivity contribution in [3.05, 3.63) is 19.4 Å². The summed E-state index contributed by atoms with van der Waals surface area (Å²) in [5, 5.41) is 0. The largest absolute Gasteiger partial charge is 0.134 e. The van der Waals surface area contributed by atoms with Gasteiger partial charge in [-0.25, -0.2) is 0 Å². The fourth-order valence-electron chi connectivity index (χ4n) is 2.74. The van der Waals surface area contributed by atoms with Crippen molar-refractivity contribution in [2.24, 2.45) is 0 Å². The first-order valence-electron chi connectivity index (χ1n) is 4.63. The van der Waals surface area contributed by atoms with Gasteiger partial charge in [-0.3, -0.25) is 0 Å². The van der Waals surface area contributed by atoms with Crippen molar-refractivity contribution >= 4 is 33.9 Å². The third kappa shape index (κ3) is 1.00. The van der Waals surface area contributed by atoms with Crippen molar-refractivity contribution in [2.45, 2.75) is 37.5 Å². The Labute approximate surface area is 90.5 Å². The van der Waals surface area contributed by atoms with Crippen LogP contribution in [0.4, 0.5) is 0 Å². The second kappa shape index (κ2) is 2.71. The first-order valence-corrected chi connectivity index (χ1v) is 6.53. The fourth-order valence-corrected chi connectivity index (χ4v) is 4.90. The zero-order valence-electron chi connectivity index (χ0n) is 6.85. The van der Waals surface area contributed by atoms with E-state index in [1.807, 2.05) is 11.3 Å². The normalized spacial score (nSPS) is 32.1. The second-order valence-electron chi connectivity index (χ2n) is 3.93. The summed E-state index contributed by atoms with van der Waals surface area (Å²) < 4.78 is 1.49. The number of rotatable bonds is 0. The van der Waals surface area contributed by atoms with Crippen LogP contribution in [0.3, 0.4) is 0 Å². The van der Waals surface area contributed by atoms with Crippen molar-refractivity contribution in [1.29, 1.82) is 0 Å². The number of hydrogen-bond donors (Lipinski definition) is 0. The molecule has 12 heavy (non-hydrogen) atoms. The Morgan fingerprint density at radius 2 is 2.17 bits per heavy atom. The maximum atomic E-state index is 2.46. The molecule has 2 aliphatic rings. The Balaban J connectivity index is 2.13. The van der Waals surface area contributed by atoms with E-state index in [2.05, 4.69) is 28.7 Å². The Bertz CT molecular complexity index is 288. The van der Waals surface area contributed by atoms with Gasteiger partial charge in [-0.05, 0) is 65.3 Å². The molecular formula is C10H11IS. The molecule has 0 aliphatic heterocycles. The van der Waals surface area contributed by atoms with E-state index >= 15 is 0 Å². The van der Waals surface area contributed by atoms with E-state index in [0.29, 0.717) is 0 Å². The molecule has 0 radical (unpaired) electrons. The Morgan fingerprint density at radius 3 is 3.08 bits per heavy atom. The molecule has 2 aliphatic carbocycles. The van der Waals surface area contributed by atoms with E-state index in [1.54, 1.807) is 10.4 Å². The van der Waals surface area contributed by atoms with E-state index in [-0.39, 0.29) is 0 Å². The standard InChI is InChI=1S/C10H11IS/c11-9-5-8-6-2-1-3-7(4-6)10(8)12-9/h5-7H,1-4H2/t6-,7+/m1/s1. The first-order chi connectivity index (χ1) is 5.84. The van der Waals surface area contributed by atoms with Crippen LogP contribution in [0.1, 0.15) is 48.0 Å². The van der Waals surface area contributed by atoms with Crippen LogP contribution in [0, 0.1) is 2.88 Å².